The zero-order chi connectivity index (χ0) is 13.9. The number of carbonyl (C=O) groups excluding carboxylic acids is 2. The summed E-state index contributed by atoms with van der Waals surface area (Å²) in [4.78, 5) is 25.6. The fraction of sp³-hybridized carbons (Fsp3) is 0.200. The summed E-state index contributed by atoms with van der Waals surface area (Å²) in [7, 11) is 0. The smallest absolute Gasteiger partial charge is 0.254 e. The number of hydrogen-bond donors (Lipinski definition) is 1. The molecule has 0 aliphatic carbocycles. The molecule has 102 valence electrons. The van der Waals surface area contributed by atoms with Crippen LogP contribution < -0.4 is 10.2 Å². The van der Waals surface area contributed by atoms with Gasteiger partial charge < -0.3 is 14.6 Å². The molecule has 3 rings (SSSR count). The van der Waals surface area contributed by atoms with Gasteiger partial charge in [-0.1, -0.05) is 18.2 Å². The normalized spacial score (nSPS) is 13.1. The lowest BCUT2D eigenvalue weighted by atomic mass is 10.2. The monoisotopic (exact) mass is 270 g/mol. The van der Waals surface area contributed by atoms with Crippen LogP contribution in [0.3, 0.4) is 0 Å². The molecule has 0 unspecified atom stereocenters. The molecule has 1 N–H and O–H groups in total. The van der Waals surface area contributed by atoms with Crippen LogP contribution in [0.1, 0.15) is 15.9 Å². The molecule has 1 aliphatic rings. The minimum absolute atomic E-state index is 0.0155. The molecule has 0 radical (unpaired) electrons. The summed E-state index contributed by atoms with van der Waals surface area (Å²) in [6.07, 6.45) is 3.63. The van der Waals surface area contributed by atoms with Crippen molar-refractivity contribution in [3.05, 3.63) is 54.0 Å². The molecule has 2 aromatic rings. The molecule has 2 heterocycles. The third-order valence-corrected chi connectivity index (χ3v) is 3.37. The average Bonchev–Trinajstić information content (AvgIpc) is 3.13. The van der Waals surface area contributed by atoms with Gasteiger partial charge in [0.05, 0.1) is 18.4 Å². The summed E-state index contributed by atoms with van der Waals surface area (Å²) in [6, 6.07) is 9.39. The average molecular weight is 270 g/mol. The van der Waals surface area contributed by atoms with E-state index in [1.165, 1.54) is 18.1 Å². The van der Waals surface area contributed by atoms with Crippen LogP contribution in [0.5, 0.6) is 0 Å². The molecule has 1 aromatic heterocycles. The Hall–Kier alpha value is -2.56. The molecule has 5 nitrogen and oxygen atoms in total. The molecule has 0 saturated carbocycles. The lowest BCUT2D eigenvalue weighted by molar-refractivity contribution is -0.117. The lowest BCUT2D eigenvalue weighted by Gasteiger charge is -2.17. The van der Waals surface area contributed by atoms with Crippen LogP contribution in [0, 0.1) is 0 Å². The summed E-state index contributed by atoms with van der Waals surface area (Å²) in [5.41, 5.74) is 2.52. The highest BCUT2D eigenvalue weighted by molar-refractivity contribution is 6.01. The Morgan fingerprint density at radius 3 is 2.90 bits per heavy atom. The van der Waals surface area contributed by atoms with Gasteiger partial charge in [-0.05, 0) is 24.1 Å². The second-order valence-electron chi connectivity index (χ2n) is 4.62. The van der Waals surface area contributed by atoms with E-state index in [4.69, 9.17) is 4.42 Å². The molecule has 20 heavy (non-hydrogen) atoms. The van der Waals surface area contributed by atoms with E-state index >= 15 is 0 Å². The third kappa shape index (κ3) is 2.30. The van der Waals surface area contributed by atoms with Crippen molar-refractivity contribution in [2.45, 2.75) is 6.42 Å². The number of rotatable bonds is 3. The van der Waals surface area contributed by atoms with E-state index in [1.807, 2.05) is 24.3 Å². The number of carbonyl (C=O) groups is 2. The molecule has 0 saturated heterocycles. The second-order valence-corrected chi connectivity index (χ2v) is 4.62. The molecular weight excluding hydrogens is 256 g/mol. The molecule has 1 aliphatic heterocycles. The second kappa shape index (κ2) is 5.21. The van der Waals surface area contributed by atoms with E-state index in [2.05, 4.69) is 5.32 Å². The number of amides is 2. The SMILES string of the molecule is O=C(NCC(=O)N1CCc2ccccc21)c1ccoc1. The van der Waals surface area contributed by atoms with Gasteiger partial charge in [-0.3, -0.25) is 9.59 Å². The summed E-state index contributed by atoms with van der Waals surface area (Å²) >= 11 is 0. The van der Waals surface area contributed by atoms with Gasteiger partial charge in [-0.25, -0.2) is 0 Å². The van der Waals surface area contributed by atoms with Gasteiger partial charge in [-0.2, -0.15) is 0 Å². The van der Waals surface area contributed by atoms with Crippen molar-refractivity contribution in [3.63, 3.8) is 0 Å². The lowest BCUT2D eigenvalue weighted by Crippen LogP contribution is -2.39. The highest BCUT2D eigenvalue weighted by atomic mass is 16.3. The number of hydrogen-bond acceptors (Lipinski definition) is 3. The van der Waals surface area contributed by atoms with Crippen LogP contribution in [0.15, 0.2) is 47.3 Å². The van der Waals surface area contributed by atoms with E-state index < -0.39 is 0 Å². The number of anilines is 1. The topological polar surface area (TPSA) is 62.6 Å². The Morgan fingerprint density at radius 2 is 2.10 bits per heavy atom. The number of nitrogens with zero attached hydrogens (tertiary/aromatic N) is 1. The van der Waals surface area contributed by atoms with Crippen molar-refractivity contribution in [1.29, 1.82) is 0 Å². The molecule has 0 atom stereocenters. The van der Waals surface area contributed by atoms with Crippen molar-refractivity contribution >= 4 is 17.5 Å². The Kier molecular flexibility index (Phi) is 3.25. The van der Waals surface area contributed by atoms with Crippen molar-refractivity contribution < 1.29 is 14.0 Å². The summed E-state index contributed by atoms with van der Waals surface area (Å²) in [6.45, 7) is 0.651. The van der Waals surface area contributed by atoms with Crippen LogP contribution in [-0.4, -0.2) is 24.9 Å². The third-order valence-electron chi connectivity index (χ3n) is 3.37. The Labute approximate surface area is 116 Å². The molecule has 1 aromatic carbocycles. The van der Waals surface area contributed by atoms with Gasteiger partial charge in [-0.15, -0.1) is 0 Å². The van der Waals surface area contributed by atoms with E-state index in [9.17, 15) is 9.59 Å². The molecule has 0 bridgehead atoms. The van der Waals surface area contributed by atoms with Crippen LogP contribution in [-0.2, 0) is 11.2 Å². The number of nitrogens with one attached hydrogen (secondary N) is 1. The summed E-state index contributed by atoms with van der Waals surface area (Å²) < 4.78 is 4.83. The van der Waals surface area contributed by atoms with E-state index in [-0.39, 0.29) is 18.4 Å². The van der Waals surface area contributed by atoms with Crippen molar-refractivity contribution in [2.24, 2.45) is 0 Å². The van der Waals surface area contributed by atoms with Crippen molar-refractivity contribution in [1.82, 2.24) is 5.32 Å². The predicted molar refractivity (Wildman–Crippen MR) is 73.5 cm³/mol. The molecule has 2 amide bonds. The van der Waals surface area contributed by atoms with Gasteiger partial charge >= 0.3 is 0 Å². The zero-order valence-corrected chi connectivity index (χ0v) is 10.8. The Balaban J connectivity index is 1.62. The summed E-state index contributed by atoms with van der Waals surface area (Å²) in [5.74, 6) is -0.411. The Morgan fingerprint density at radius 1 is 1.25 bits per heavy atom. The van der Waals surface area contributed by atoms with Crippen LogP contribution in [0.25, 0.3) is 0 Å². The minimum atomic E-state index is -0.306. The van der Waals surface area contributed by atoms with Gasteiger partial charge in [0.25, 0.3) is 5.91 Å². The van der Waals surface area contributed by atoms with Crippen molar-refractivity contribution in [2.75, 3.05) is 18.0 Å². The van der Waals surface area contributed by atoms with Crippen LogP contribution >= 0.6 is 0 Å². The van der Waals surface area contributed by atoms with Gasteiger partial charge in [0.1, 0.15) is 6.26 Å². The highest BCUT2D eigenvalue weighted by Crippen LogP contribution is 2.27. The number of para-hydroxylation sites is 1. The first-order chi connectivity index (χ1) is 9.75. The summed E-state index contributed by atoms with van der Waals surface area (Å²) in [5, 5.41) is 2.60. The van der Waals surface area contributed by atoms with Gasteiger partial charge in [0, 0.05) is 12.2 Å². The quantitative estimate of drug-likeness (QED) is 0.921. The maximum atomic E-state index is 12.2. The predicted octanol–water partition coefficient (Wildman–Crippen LogP) is 1.60. The van der Waals surface area contributed by atoms with Gasteiger partial charge in [0.2, 0.25) is 5.91 Å². The first-order valence-electron chi connectivity index (χ1n) is 6.44. The first kappa shape index (κ1) is 12.5. The minimum Gasteiger partial charge on any atom is -0.472 e. The molecule has 0 spiro atoms. The van der Waals surface area contributed by atoms with Crippen molar-refractivity contribution in [3.8, 4) is 0 Å². The zero-order valence-electron chi connectivity index (χ0n) is 10.8. The Bertz CT molecular complexity index is 634. The number of fused-ring (bicyclic) bond motifs is 1. The van der Waals surface area contributed by atoms with Crippen LogP contribution in [0.2, 0.25) is 0 Å². The van der Waals surface area contributed by atoms with E-state index in [1.54, 1.807) is 11.0 Å². The maximum Gasteiger partial charge on any atom is 0.254 e. The van der Waals surface area contributed by atoms with Crippen LogP contribution in [0.4, 0.5) is 5.69 Å². The molecule has 0 fully saturated rings. The molecule has 5 heteroatoms. The van der Waals surface area contributed by atoms with E-state index in [0.29, 0.717) is 12.1 Å². The highest BCUT2D eigenvalue weighted by Gasteiger charge is 2.24. The van der Waals surface area contributed by atoms with E-state index in [0.717, 1.165) is 12.1 Å². The first-order valence-corrected chi connectivity index (χ1v) is 6.44. The number of furan rings is 1. The fourth-order valence-electron chi connectivity index (χ4n) is 2.34. The van der Waals surface area contributed by atoms with Gasteiger partial charge in [0.15, 0.2) is 0 Å². The molecular formula is C15H14N2O3. The number of benzene rings is 1. The maximum absolute atomic E-state index is 12.2. The largest absolute Gasteiger partial charge is 0.472 e. The standard InChI is InChI=1S/C15H14N2O3/c18-14(9-16-15(19)12-6-8-20-10-12)17-7-5-11-3-1-2-4-13(11)17/h1-4,6,8,10H,5,7,9H2,(H,16,19). The fourth-order valence-corrected chi connectivity index (χ4v) is 2.34.